The van der Waals surface area contributed by atoms with Crippen molar-refractivity contribution in [3.63, 3.8) is 0 Å². The summed E-state index contributed by atoms with van der Waals surface area (Å²) in [5, 5.41) is 4.48. The van der Waals surface area contributed by atoms with Gasteiger partial charge in [-0.05, 0) is 45.2 Å². The van der Waals surface area contributed by atoms with Crippen molar-refractivity contribution in [2.75, 3.05) is 6.61 Å². The van der Waals surface area contributed by atoms with Crippen LogP contribution >= 0.6 is 0 Å². The van der Waals surface area contributed by atoms with Gasteiger partial charge in [-0.2, -0.15) is 4.72 Å². The fraction of sp³-hybridized carbons (Fsp3) is 0.526. The molecule has 0 aromatic heterocycles. The number of rotatable bonds is 9. The number of aryl methyl sites for hydroxylation is 1. The van der Waals surface area contributed by atoms with Crippen LogP contribution in [-0.2, 0) is 24.3 Å². The Bertz CT molecular complexity index is 819. The Hall–Kier alpha value is -2.46. The van der Waals surface area contributed by atoms with Crippen LogP contribution in [-0.4, -0.2) is 45.0 Å². The summed E-state index contributed by atoms with van der Waals surface area (Å²) in [7, 11) is -3.95. The zero-order chi connectivity index (χ0) is 22.2. The highest BCUT2D eigenvalue weighted by atomic mass is 32.2. The predicted octanol–water partition coefficient (Wildman–Crippen LogP) is 1.47. The summed E-state index contributed by atoms with van der Waals surface area (Å²) in [6.45, 7) is 8.22. The van der Waals surface area contributed by atoms with E-state index in [-0.39, 0.29) is 23.3 Å². The number of esters is 1. The molecule has 162 valence electrons. The monoisotopic (exact) mass is 427 g/mol. The Balaban J connectivity index is 2.76. The van der Waals surface area contributed by atoms with Gasteiger partial charge in [0, 0.05) is 6.04 Å². The van der Waals surface area contributed by atoms with Crippen molar-refractivity contribution in [3.8, 4) is 0 Å². The van der Waals surface area contributed by atoms with E-state index in [1.165, 1.54) is 12.1 Å². The van der Waals surface area contributed by atoms with Crippen LogP contribution in [0, 0.1) is 12.8 Å². The number of carbonyl (C=O) groups excluding carboxylic acids is 3. The topological polar surface area (TPSA) is 131 Å². The first-order valence-corrected chi connectivity index (χ1v) is 10.7. The van der Waals surface area contributed by atoms with Crippen molar-refractivity contribution in [1.82, 2.24) is 15.4 Å². The molecule has 9 nitrogen and oxygen atoms in total. The number of ether oxygens (including phenoxy) is 1. The molecule has 1 atom stereocenters. The van der Waals surface area contributed by atoms with Crippen molar-refractivity contribution in [2.45, 2.75) is 58.0 Å². The van der Waals surface area contributed by atoms with E-state index in [1.807, 2.05) is 26.1 Å². The molecule has 3 amide bonds. The molecule has 1 aromatic carbocycles. The lowest BCUT2D eigenvalue weighted by molar-refractivity contribution is -0.150. The third kappa shape index (κ3) is 9.05. The quantitative estimate of drug-likeness (QED) is 0.512. The van der Waals surface area contributed by atoms with E-state index in [0.29, 0.717) is 0 Å². The highest BCUT2D eigenvalue weighted by molar-refractivity contribution is 7.89. The average Bonchev–Trinajstić information content (AvgIpc) is 2.58. The van der Waals surface area contributed by atoms with E-state index in [9.17, 15) is 22.8 Å². The summed E-state index contributed by atoms with van der Waals surface area (Å²) in [5.41, 5.74) is 0.898. The third-order valence-corrected chi connectivity index (χ3v) is 5.13. The van der Waals surface area contributed by atoms with Crippen molar-refractivity contribution in [3.05, 3.63) is 29.8 Å². The molecule has 0 saturated heterocycles. The van der Waals surface area contributed by atoms with Crippen LogP contribution in [0.2, 0.25) is 0 Å². The van der Waals surface area contributed by atoms with Crippen molar-refractivity contribution >= 4 is 27.9 Å². The molecule has 0 radical (unpaired) electrons. The highest BCUT2D eigenvalue weighted by Crippen LogP contribution is 2.14. The number of amides is 3. The number of sulfonamides is 1. The number of hydrogen-bond donors (Lipinski definition) is 3. The van der Waals surface area contributed by atoms with Crippen molar-refractivity contribution < 1.29 is 27.5 Å². The molecule has 1 aromatic rings. The summed E-state index contributed by atoms with van der Waals surface area (Å²) in [6.07, 6.45) is 0.180. The highest BCUT2D eigenvalue weighted by Gasteiger charge is 2.28. The summed E-state index contributed by atoms with van der Waals surface area (Å²) in [6, 6.07) is 4.13. The van der Waals surface area contributed by atoms with Crippen LogP contribution in [0.4, 0.5) is 4.79 Å². The van der Waals surface area contributed by atoms with Crippen LogP contribution < -0.4 is 15.4 Å². The van der Waals surface area contributed by atoms with Crippen LogP contribution in [0.1, 0.15) is 39.7 Å². The lowest BCUT2D eigenvalue weighted by atomic mass is 10.1. The van der Waals surface area contributed by atoms with Crippen LogP contribution in [0.15, 0.2) is 29.2 Å². The minimum atomic E-state index is -3.95. The Morgan fingerprint density at radius 3 is 2.14 bits per heavy atom. The minimum Gasteiger partial charge on any atom is -0.454 e. The molecule has 3 N–H and O–H groups in total. The predicted molar refractivity (Wildman–Crippen MR) is 108 cm³/mol. The molecule has 0 aliphatic rings. The maximum atomic E-state index is 12.6. The molecular weight excluding hydrogens is 398 g/mol. The van der Waals surface area contributed by atoms with E-state index in [0.717, 1.165) is 5.56 Å². The largest absolute Gasteiger partial charge is 0.454 e. The second-order valence-corrected chi connectivity index (χ2v) is 9.11. The lowest BCUT2D eigenvalue weighted by Gasteiger charge is -2.19. The summed E-state index contributed by atoms with van der Waals surface area (Å²) >= 11 is 0. The van der Waals surface area contributed by atoms with Crippen molar-refractivity contribution in [1.29, 1.82) is 0 Å². The molecule has 0 spiro atoms. The molecule has 29 heavy (non-hydrogen) atoms. The number of benzene rings is 1. The molecule has 1 rings (SSSR count). The number of carbonyl (C=O) groups is 3. The van der Waals surface area contributed by atoms with Gasteiger partial charge in [-0.25, -0.2) is 13.2 Å². The summed E-state index contributed by atoms with van der Waals surface area (Å²) in [5.74, 6) is -1.73. The maximum absolute atomic E-state index is 12.6. The van der Waals surface area contributed by atoms with E-state index < -0.39 is 40.6 Å². The summed E-state index contributed by atoms with van der Waals surface area (Å²) < 4.78 is 32.4. The zero-order valence-electron chi connectivity index (χ0n) is 17.3. The van der Waals surface area contributed by atoms with Gasteiger partial charge in [0.15, 0.2) is 6.61 Å². The normalized spacial score (nSPS) is 12.5. The first-order chi connectivity index (χ1) is 13.4. The number of hydrogen-bond acceptors (Lipinski definition) is 6. The molecule has 10 heteroatoms. The van der Waals surface area contributed by atoms with Gasteiger partial charge in [-0.1, -0.05) is 31.5 Å². The van der Waals surface area contributed by atoms with Gasteiger partial charge in [0.05, 0.1) is 4.90 Å². The molecule has 0 aliphatic carbocycles. The fourth-order valence-corrected chi connectivity index (χ4v) is 3.53. The van der Waals surface area contributed by atoms with Gasteiger partial charge in [-0.15, -0.1) is 0 Å². The second kappa shape index (κ2) is 10.9. The van der Waals surface area contributed by atoms with Gasteiger partial charge in [0.2, 0.25) is 10.0 Å². The Morgan fingerprint density at radius 1 is 1.03 bits per heavy atom. The van der Waals surface area contributed by atoms with Gasteiger partial charge in [0.25, 0.3) is 5.91 Å². The van der Waals surface area contributed by atoms with E-state index in [4.69, 9.17) is 4.74 Å². The van der Waals surface area contributed by atoms with Crippen molar-refractivity contribution in [2.24, 2.45) is 5.92 Å². The lowest BCUT2D eigenvalue weighted by Crippen LogP contribution is -2.46. The van der Waals surface area contributed by atoms with Gasteiger partial charge < -0.3 is 10.1 Å². The molecule has 0 heterocycles. The minimum absolute atomic E-state index is 0.0149. The van der Waals surface area contributed by atoms with Gasteiger partial charge >= 0.3 is 12.0 Å². The molecule has 0 unspecified atom stereocenters. The Morgan fingerprint density at radius 2 is 1.62 bits per heavy atom. The number of nitrogens with one attached hydrogen (secondary N) is 3. The number of urea groups is 1. The molecular formula is C19H29N3O6S. The average molecular weight is 428 g/mol. The first kappa shape index (κ1) is 24.6. The fourth-order valence-electron chi connectivity index (χ4n) is 2.33. The Kier molecular flexibility index (Phi) is 9.25. The standard InChI is InChI=1S/C19H29N3O6S/c1-12(2)10-16(22-29(26,27)15-8-6-14(5)7-9-15)18(24)28-11-17(23)21-19(25)20-13(3)4/h6-9,12-13,16,22H,10-11H2,1-5H3,(H2,20,21,23,25)/t16-/m0/s1. The smallest absolute Gasteiger partial charge is 0.324 e. The number of imide groups is 1. The Labute approximate surface area is 171 Å². The van der Waals surface area contributed by atoms with E-state index in [2.05, 4.69) is 10.0 Å². The van der Waals surface area contributed by atoms with Crippen LogP contribution in [0.3, 0.4) is 0 Å². The zero-order valence-corrected chi connectivity index (χ0v) is 18.1. The SMILES string of the molecule is Cc1ccc(S(=O)(=O)N[C@@H](CC(C)C)C(=O)OCC(=O)NC(=O)NC(C)C)cc1. The van der Waals surface area contributed by atoms with Gasteiger partial charge in [-0.3, -0.25) is 14.9 Å². The van der Waals surface area contributed by atoms with Gasteiger partial charge in [0.1, 0.15) is 6.04 Å². The molecule has 0 aliphatic heterocycles. The molecule has 0 bridgehead atoms. The second-order valence-electron chi connectivity index (χ2n) is 7.40. The van der Waals surface area contributed by atoms with E-state index in [1.54, 1.807) is 26.0 Å². The van der Waals surface area contributed by atoms with E-state index >= 15 is 0 Å². The first-order valence-electron chi connectivity index (χ1n) is 9.26. The van der Waals surface area contributed by atoms with Crippen LogP contribution in [0.5, 0.6) is 0 Å². The maximum Gasteiger partial charge on any atom is 0.324 e. The summed E-state index contributed by atoms with van der Waals surface area (Å²) in [4.78, 5) is 35.6. The van der Waals surface area contributed by atoms with Crippen LogP contribution in [0.25, 0.3) is 0 Å². The molecule has 0 saturated carbocycles. The third-order valence-electron chi connectivity index (χ3n) is 3.64. The molecule has 0 fully saturated rings.